The Morgan fingerprint density at radius 3 is 2.62 bits per heavy atom. The summed E-state index contributed by atoms with van der Waals surface area (Å²) in [6.45, 7) is 3.92. The highest BCUT2D eigenvalue weighted by molar-refractivity contribution is 5.70. The molecule has 0 N–H and O–H groups in total. The second-order valence-corrected chi connectivity index (χ2v) is 4.86. The first kappa shape index (κ1) is 13.0. The fraction of sp³-hybridized carbons (Fsp3) is 0.214. The molecule has 2 aromatic heterocycles. The zero-order valence-electron chi connectivity index (χ0n) is 11.6. The van der Waals surface area contributed by atoms with Crippen molar-refractivity contribution < 1.29 is 0 Å². The monoisotopic (exact) mass is 280 g/mol. The molecule has 0 radical (unpaired) electrons. The second kappa shape index (κ2) is 4.83. The standard InChI is InChI=1S/C14H12N6O/c1-9-5-10(2)7-11(6-9)20-13-12(17-18-20)14(21)19(4-3-15)8-16-13/h5-8H,4H2,1-2H3. The number of aryl methyl sites for hydroxylation is 2. The first-order chi connectivity index (χ1) is 10.1. The van der Waals surface area contributed by atoms with Crippen molar-refractivity contribution in [3.63, 3.8) is 0 Å². The molecular weight excluding hydrogens is 268 g/mol. The lowest BCUT2D eigenvalue weighted by molar-refractivity contribution is 0.771. The molecule has 0 aliphatic heterocycles. The summed E-state index contributed by atoms with van der Waals surface area (Å²) in [5.74, 6) is 0. The van der Waals surface area contributed by atoms with E-state index in [4.69, 9.17) is 5.26 Å². The zero-order chi connectivity index (χ0) is 15.0. The number of aromatic nitrogens is 5. The van der Waals surface area contributed by atoms with Crippen molar-refractivity contribution in [2.75, 3.05) is 0 Å². The fourth-order valence-corrected chi connectivity index (χ4v) is 2.28. The molecule has 1 aromatic carbocycles. The van der Waals surface area contributed by atoms with Crippen LogP contribution in [-0.2, 0) is 6.54 Å². The molecule has 2 heterocycles. The van der Waals surface area contributed by atoms with Crippen LogP contribution in [0.15, 0.2) is 29.3 Å². The fourth-order valence-electron chi connectivity index (χ4n) is 2.28. The Morgan fingerprint density at radius 1 is 1.24 bits per heavy atom. The quantitative estimate of drug-likeness (QED) is 0.701. The van der Waals surface area contributed by atoms with E-state index in [-0.39, 0.29) is 17.6 Å². The van der Waals surface area contributed by atoms with Gasteiger partial charge in [-0.05, 0) is 37.1 Å². The summed E-state index contributed by atoms with van der Waals surface area (Å²) < 4.78 is 2.75. The van der Waals surface area contributed by atoms with E-state index in [1.165, 1.54) is 15.6 Å². The SMILES string of the molecule is Cc1cc(C)cc(-n2nnc3c(=O)n(CC#N)cnc32)c1. The van der Waals surface area contributed by atoms with Gasteiger partial charge in [0.05, 0.1) is 11.8 Å². The minimum atomic E-state index is -0.364. The van der Waals surface area contributed by atoms with Crippen LogP contribution >= 0.6 is 0 Å². The molecular formula is C14H12N6O. The van der Waals surface area contributed by atoms with Gasteiger partial charge in [0.2, 0.25) is 0 Å². The average molecular weight is 280 g/mol. The molecule has 0 unspecified atom stereocenters. The van der Waals surface area contributed by atoms with Crippen LogP contribution in [0.4, 0.5) is 0 Å². The molecule has 0 aliphatic rings. The molecule has 3 aromatic rings. The Hall–Kier alpha value is -3.01. The second-order valence-electron chi connectivity index (χ2n) is 4.86. The summed E-state index contributed by atoms with van der Waals surface area (Å²) in [4.78, 5) is 16.4. The van der Waals surface area contributed by atoms with Gasteiger partial charge in [0, 0.05) is 0 Å². The molecule has 0 atom stereocenters. The number of hydrogen-bond acceptors (Lipinski definition) is 5. The molecule has 0 fully saturated rings. The van der Waals surface area contributed by atoms with Gasteiger partial charge in [-0.2, -0.15) is 9.94 Å². The van der Waals surface area contributed by atoms with E-state index in [1.807, 2.05) is 32.0 Å². The summed E-state index contributed by atoms with van der Waals surface area (Å²) in [6, 6.07) is 7.86. The maximum absolute atomic E-state index is 12.2. The van der Waals surface area contributed by atoms with Crippen molar-refractivity contribution in [3.05, 3.63) is 46.0 Å². The van der Waals surface area contributed by atoms with E-state index < -0.39 is 0 Å². The third kappa shape index (κ3) is 2.17. The summed E-state index contributed by atoms with van der Waals surface area (Å²) in [6.07, 6.45) is 1.34. The van der Waals surface area contributed by atoms with Gasteiger partial charge >= 0.3 is 0 Å². The summed E-state index contributed by atoms with van der Waals surface area (Å²) in [7, 11) is 0. The maximum Gasteiger partial charge on any atom is 0.284 e. The van der Waals surface area contributed by atoms with E-state index in [0.717, 1.165) is 16.8 Å². The number of nitrogens with zero attached hydrogens (tertiary/aromatic N) is 6. The lowest BCUT2D eigenvalue weighted by Gasteiger charge is -2.05. The zero-order valence-corrected chi connectivity index (χ0v) is 11.6. The van der Waals surface area contributed by atoms with E-state index >= 15 is 0 Å². The van der Waals surface area contributed by atoms with Crippen LogP contribution in [0.1, 0.15) is 11.1 Å². The molecule has 21 heavy (non-hydrogen) atoms. The lowest BCUT2D eigenvalue weighted by atomic mass is 10.1. The number of rotatable bonds is 2. The molecule has 0 saturated heterocycles. The summed E-state index contributed by atoms with van der Waals surface area (Å²) >= 11 is 0. The third-order valence-electron chi connectivity index (χ3n) is 3.12. The molecule has 0 aliphatic carbocycles. The number of nitriles is 1. The molecule has 0 saturated carbocycles. The van der Waals surface area contributed by atoms with Gasteiger partial charge in [0.25, 0.3) is 5.56 Å². The van der Waals surface area contributed by atoms with Crippen molar-refractivity contribution in [1.29, 1.82) is 5.26 Å². The van der Waals surface area contributed by atoms with Gasteiger partial charge in [0.1, 0.15) is 12.9 Å². The van der Waals surface area contributed by atoms with Gasteiger partial charge in [-0.1, -0.05) is 11.3 Å². The first-order valence-corrected chi connectivity index (χ1v) is 6.36. The van der Waals surface area contributed by atoms with Gasteiger partial charge in [-0.15, -0.1) is 5.10 Å². The highest BCUT2D eigenvalue weighted by Gasteiger charge is 2.13. The first-order valence-electron chi connectivity index (χ1n) is 6.36. The minimum absolute atomic E-state index is 0.0574. The van der Waals surface area contributed by atoms with Crippen molar-refractivity contribution >= 4 is 11.2 Å². The van der Waals surface area contributed by atoms with Crippen LogP contribution in [0.2, 0.25) is 0 Å². The van der Waals surface area contributed by atoms with Gasteiger partial charge in [-0.25, -0.2) is 4.98 Å². The van der Waals surface area contributed by atoms with E-state index in [0.29, 0.717) is 5.65 Å². The van der Waals surface area contributed by atoms with Crippen molar-refractivity contribution in [1.82, 2.24) is 24.5 Å². The Balaban J connectivity index is 2.24. The number of fused-ring (bicyclic) bond motifs is 1. The van der Waals surface area contributed by atoms with Crippen LogP contribution in [-0.4, -0.2) is 24.5 Å². The number of benzene rings is 1. The molecule has 0 amide bonds. The molecule has 3 rings (SSSR count). The van der Waals surface area contributed by atoms with Crippen LogP contribution < -0.4 is 5.56 Å². The molecule has 7 nitrogen and oxygen atoms in total. The minimum Gasteiger partial charge on any atom is -0.283 e. The Labute approximate surface area is 120 Å². The van der Waals surface area contributed by atoms with Crippen LogP contribution in [0.5, 0.6) is 0 Å². The van der Waals surface area contributed by atoms with E-state index in [9.17, 15) is 4.79 Å². The highest BCUT2D eigenvalue weighted by atomic mass is 16.1. The normalized spacial score (nSPS) is 10.7. The Morgan fingerprint density at radius 2 is 1.95 bits per heavy atom. The molecule has 0 spiro atoms. The Kier molecular flexibility index (Phi) is 2.99. The van der Waals surface area contributed by atoms with Crippen LogP contribution in [0, 0.1) is 25.2 Å². The van der Waals surface area contributed by atoms with Gasteiger partial charge in [-0.3, -0.25) is 9.36 Å². The van der Waals surface area contributed by atoms with Crippen LogP contribution in [0.25, 0.3) is 16.9 Å². The average Bonchev–Trinajstić information content (AvgIpc) is 2.85. The van der Waals surface area contributed by atoms with Crippen molar-refractivity contribution in [2.45, 2.75) is 20.4 Å². The van der Waals surface area contributed by atoms with Gasteiger partial charge < -0.3 is 0 Å². The summed E-state index contributed by atoms with van der Waals surface area (Å²) in [5.41, 5.74) is 3.17. The lowest BCUT2D eigenvalue weighted by Crippen LogP contribution is -2.20. The smallest absolute Gasteiger partial charge is 0.283 e. The molecule has 104 valence electrons. The molecule has 7 heteroatoms. The predicted octanol–water partition coefficient (Wildman–Crippen LogP) is 1.12. The predicted molar refractivity (Wildman–Crippen MR) is 76.0 cm³/mol. The van der Waals surface area contributed by atoms with Crippen molar-refractivity contribution in [2.24, 2.45) is 0 Å². The largest absolute Gasteiger partial charge is 0.284 e. The number of hydrogen-bond donors (Lipinski definition) is 0. The maximum atomic E-state index is 12.2. The Bertz CT molecular complexity index is 911. The van der Waals surface area contributed by atoms with Crippen molar-refractivity contribution in [3.8, 4) is 11.8 Å². The summed E-state index contributed by atoms with van der Waals surface area (Å²) in [5, 5.41) is 16.6. The third-order valence-corrected chi connectivity index (χ3v) is 3.12. The molecule has 0 bridgehead atoms. The van der Waals surface area contributed by atoms with E-state index in [1.54, 1.807) is 0 Å². The van der Waals surface area contributed by atoms with Gasteiger partial charge in [0.15, 0.2) is 11.2 Å². The highest BCUT2D eigenvalue weighted by Crippen LogP contribution is 2.15. The topological polar surface area (TPSA) is 89.4 Å². The van der Waals surface area contributed by atoms with E-state index in [2.05, 4.69) is 21.4 Å². The van der Waals surface area contributed by atoms with Crippen LogP contribution in [0.3, 0.4) is 0 Å².